The number of aryl methyl sites for hydroxylation is 2. The summed E-state index contributed by atoms with van der Waals surface area (Å²) in [5.41, 5.74) is 7.82. The highest BCUT2D eigenvalue weighted by Gasteiger charge is 2.33. The van der Waals surface area contributed by atoms with Crippen molar-refractivity contribution in [3.63, 3.8) is 0 Å². The minimum absolute atomic E-state index is 0.211. The number of unbranched alkanes of at least 4 members (excludes halogenated alkanes) is 1. The van der Waals surface area contributed by atoms with Gasteiger partial charge < -0.3 is 10.0 Å². The molecular weight excluding hydrogens is 436 g/mol. The number of aliphatic hydroxyl groups is 1. The number of hydrogen-bond acceptors (Lipinski definition) is 7. The molecule has 0 saturated heterocycles. The molecule has 3 heterocycles. The van der Waals surface area contributed by atoms with Crippen LogP contribution in [0.2, 0.25) is 0 Å². The van der Waals surface area contributed by atoms with Gasteiger partial charge >= 0.3 is 0 Å². The third kappa shape index (κ3) is 5.00. The van der Waals surface area contributed by atoms with Crippen LogP contribution in [-0.4, -0.2) is 40.4 Å². The maximum atomic E-state index is 11.1. The molecule has 1 aromatic heterocycles. The van der Waals surface area contributed by atoms with E-state index in [1.54, 1.807) is 0 Å². The zero-order valence-electron chi connectivity index (χ0n) is 20.6. The summed E-state index contributed by atoms with van der Waals surface area (Å²) >= 11 is 0. The quantitative estimate of drug-likeness (QED) is 0.428. The molecule has 7 nitrogen and oxygen atoms in total. The first kappa shape index (κ1) is 23.3. The van der Waals surface area contributed by atoms with Gasteiger partial charge in [0.15, 0.2) is 5.82 Å². The van der Waals surface area contributed by atoms with Gasteiger partial charge in [0.25, 0.3) is 0 Å². The van der Waals surface area contributed by atoms with Crippen LogP contribution in [-0.2, 0) is 0 Å². The van der Waals surface area contributed by atoms with E-state index in [9.17, 15) is 5.11 Å². The first-order valence-electron chi connectivity index (χ1n) is 12.4. The normalized spacial score (nSPS) is 19.1. The van der Waals surface area contributed by atoms with Crippen molar-refractivity contribution in [3.8, 4) is 22.5 Å². The number of anilines is 1. The van der Waals surface area contributed by atoms with E-state index in [0.29, 0.717) is 18.7 Å². The van der Waals surface area contributed by atoms with Crippen molar-refractivity contribution in [2.45, 2.75) is 58.1 Å². The molecule has 0 radical (unpaired) electrons. The summed E-state index contributed by atoms with van der Waals surface area (Å²) in [5.74, 6) is 0.776. The summed E-state index contributed by atoms with van der Waals surface area (Å²) in [6.07, 6.45) is 4.03. The second-order valence-corrected chi connectivity index (χ2v) is 9.68. The number of hydrogen-bond donors (Lipinski definition) is 1. The van der Waals surface area contributed by atoms with E-state index in [1.165, 1.54) is 11.1 Å². The number of rotatable bonds is 7. The van der Waals surface area contributed by atoms with E-state index in [1.807, 2.05) is 0 Å². The lowest BCUT2D eigenvalue weighted by Crippen LogP contribution is -2.39. The number of aliphatic hydroxyl groups excluding tert-OH is 1. The van der Waals surface area contributed by atoms with Crippen molar-refractivity contribution in [2.75, 3.05) is 18.5 Å². The molecule has 2 aliphatic rings. The topological polar surface area (TPSA) is 86.3 Å². The van der Waals surface area contributed by atoms with E-state index >= 15 is 0 Å². The van der Waals surface area contributed by atoms with Crippen LogP contribution in [0.3, 0.4) is 0 Å². The molecule has 2 aliphatic heterocycles. The smallest absolute Gasteiger partial charge is 0.153 e. The zero-order valence-corrected chi connectivity index (χ0v) is 20.6. The van der Waals surface area contributed by atoms with Crippen molar-refractivity contribution >= 4 is 11.5 Å². The standard InChI is InChI=1S/C28H32N6O/c1-18-8-12-20(13-9-18)25-26(21-14-10-19(2)11-15-21)31-28-27(30-25)24(35)16-23(34(28)3)7-5-4-6-22-17-29-33-32-22/h8-15,23-24,35H,4-7,16-17H2,1-3H3. The van der Waals surface area contributed by atoms with Gasteiger partial charge in [0.1, 0.15) is 18.3 Å². The van der Waals surface area contributed by atoms with Gasteiger partial charge in [-0.3, -0.25) is 0 Å². The van der Waals surface area contributed by atoms with Crippen molar-refractivity contribution < 1.29 is 5.11 Å². The van der Waals surface area contributed by atoms with Crippen LogP contribution < -0.4 is 4.90 Å². The van der Waals surface area contributed by atoms with Crippen LogP contribution in [0.25, 0.3) is 22.5 Å². The molecular formula is C28H32N6O. The van der Waals surface area contributed by atoms with E-state index in [-0.39, 0.29) is 6.04 Å². The van der Waals surface area contributed by atoms with E-state index in [0.717, 1.165) is 59.7 Å². The average molecular weight is 469 g/mol. The Morgan fingerprint density at radius 1 is 0.886 bits per heavy atom. The maximum Gasteiger partial charge on any atom is 0.153 e. The Labute approximate surface area is 206 Å². The van der Waals surface area contributed by atoms with Crippen LogP contribution >= 0.6 is 0 Å². The molecule has 0 fully saturated rings. The average Bonchev–Trinajstić information content (AvgIpc) is 3.39. The number of fused-ring (bicyclic) bond motifs is 1. The fourth-order valence-corrected chi connectivity index (χ4v) is 4.84. The van der Waals surface area contributed by atoms with Gasteiger partial charge in [-0.1, -0.05) is 66.1 Å². The Kier molecular flexibility index (Phi) is 6.68. The van der Waals surface area contributed by atoms with Gasteiger partial charge in [-0.2, -0.15) is 5.11 Å². The number of aromatic nitrogens is 2. The Hall–Kier alpha value is -3.45. The van der Waals surface area contributed by atoms with Crippen molar-refractivity contribution in [3.05, 3.63) is 65.4 Å². The monoisotopic (exact) mass is 468 g/mol. The minimum atomic E-state index is -0.633. The molecule has 1 N–H and O–H groups in total. The second-order valence-electron chi connectivity index (χ2n) is 9.68. The zero-order chi connectivity index (χ0) is 24.4. The molecule has 2 atom stereocenters. The van der Waals surface area contributed by atoms with Crippen LogP contribution in [0.1, 0.15) is 55.0 Å². The maximum absolute atomic E-state index is 11.1. The van der Waals surface area contributed by atoms with Crippen LogP contribution in [0, 0.1) is 13.8 Å². The molecule has 35 heavy (non-hydrogen) atoms. The summed E-state index contributed by atoms with van der Waals surface area (Å²) in [4.78, 5) is 12.4. The summed E-state index contributed by atoms with van der Waals surface area (Å²) in [5, 5.41) is 22.8. The highest BCUT2D eigenvalue weighted by atomic mass is 16.3. The fourth-order valence-electron chi connectivity index (χ4n) is 4.84. The molecule has 5 rings (SSSR count). The molecule has 2 unspecified atom stereocenters. The molecule has 7 heteroatoms. The fraction of sp³-hybridized carbons (Fsp3) is 0.393. The first-order chi connectivity index (χ1) is 17.0. The van der Waals surface area contributed by atoms with Crippen LogP contribution in [0.5, 0.6) is 0 Å². The lowest BCUT2D eigenvalue weighted by molar-refractivity contribution is 0.142. The lowest BCUT2D eigenvalue weighted by Gasteiger charge is -2.37. The number of benzene rings is 2. The molecule has 3 aromatic rings. The predicted molar refractivity (Wildman–Crippen MR) is 140 cm³/mol. The van der Waals surface area contributed by atoms with Crippen LogP contribution in [0.4, 0.5) is 5.82 Å². The third-order valence-electron chi connectivity index (χ3n) is 7.00. The van der Waals surface area contributed by atoms with Gasteiger partial charge in [-0.15, -0.1) is 5.10 Å². The van der Waals surface area contributed by atoms with Gasteiger partial charge in [0.05, 0.1) is 17.1 Å². The highest BCUT2D eigenvalue weighted by molar-refractivity contribution is 5.87. The Balaban J connectivity index is 1.45. The van der Waals surface area contributed by atoms with Gasteiger partial charge in [0, 0.05) is 24.2 Å². The van der Waals surface area contributed by atoms with Crippen molar-refractivity contribution in [2.24, 2.45) is 15.4 Å². The van der Waals surface area contributed by atoms with Crippen molar-refractivity contribution in [1.29, 1.82) is 0 Å². The summed E-state index contributed by atoms with van der Waals surface area (Å²) in [6.45, 7) is 4.80. The van der Waals surface area contributed by atoms with Crippen molar-refractivity contribution in [1.82, 2.24) is 9.97 Å². The summed E-state index contributed by atoms with van der Waals surface area (Å²) < 4.78 is 0. The molecule has 180 valence electrons. The molecule has 2 aromatic carbocycles. The van der Waals surface area contributed by atoms with Gasteiger partial charge in [-0.05, 0) is 44.8 Å². The highest BCUT2D eigenvalue weighted by Crippen LogP contribution is 2.40. The Morgan fingerprint density at radius 2 is 1.51 bits per heavy atom. The van der Waals surface area contributed by atoms with E-state index < -0.39 is 6.10 Å². The summed E-state index contributed by atoms with van der Waals surface area (Å²) in [6, 6.07) is 17.0. The van der Waals surface area contributed by atoms with Gasteiger partial charge in [-0.25, -0.2) is 9.97 Å². The first-order valence-corrected chi connectivity index (χ1v) is 12.4. The van der Waals surface area contributed by atoms with E-state index in [2.05, 4.69) is 89.8 Å². The van der Waals surface area contributed by atoms with Crippen LogP contribution in [0.15, 0.2) is 64.0 Å². The Morgan fingerprint density at radius 3 is 2.11 bits per heavy atom. The SMILES string of the molecule is Cc1ccc(-c2nc3c(nc2-c2ccc(C)cc2)N(C)C(CCCCC2=NN=NC2)CC3O)cc1. The lowest BCUT2D eigenvalue weighted by atomic mass is 9.94. The largest absolute Gasteiger partial charge is 0.387 e. The molecule has 0 saturated carbocycles. The van der Waals surface area contributed by atoms with E-state index in [4.69, 9.17) is 9.97 Å². The molecule has 0 bridgehead atoms. The number of nitrogens with zero attached hydrogens (tertiary/aromatic N) is 6. The second kappa shape index (κ2) is 10.0. The van der Waals surface area contributed by atoms with Gasteiger partial charge in [0.2, 0.25) is 0 Å². The Bertz CT molecular complexity index is 1250. The predicted octanol–water partition coefficient (Wildman–Crippen LogP) is 6.05. The molecule has 0 amide bonds. The molecule has 0 aliphatic carbocycles. The summed E-state index contributed by atoms with van der Waals surface area (Å²) in [7, 11) is 2.08. The molecule has 0 spiro atoms. The minimum Gasteiger partial charge on any atom is -0.387 e. The third-order valence-corrected chi connectivity index (χ3v) is 7.00.